The summed E-state index contributed by atoms with van der Waals surface area (Å²) in [6, 6.07) is 19.0. The highest BCUT2D eigenvalue weighted by Crippen LogP contribution is 2.46. The van der Waals surface area contributed by atoms with Gasteiger partial charge in [-0.3, -0.25) is 39.1 Å². The maximum absolute atomic E-state index is 12.9. The van der Waals surface area contributed by atoms with Crippen molar-refractivity contribution in [2.45, 2.75) is 90.9 Å². The van der Waals surface area contributed by atoms with Crippen molar-refractivity contribution in [3.05, 3.63) is 93.0 Å². The van der Waals surface area contributed by atoms with E-state index in [9.17, 15) is 34.0 Å². The van der Waals surface area contributed by atoms with Crippen LogP contribution in [-0.2, 0) is 27.5 Å². The number of carbonyl (C=O) groups excluding carboxylic acids is 6. The number of halogens is 1. The van der Waals surface area contributed by atoms with Gasteiger partial charge in [0.15, 0.2) is 0 Å². The third-order valence-electron chi connectivity index (χ3n) is 13.1. The van der Waals surface area contributed by atoms with Gasteiger partial charge in [0.25, 0.3) is 17.7 Å². The Bertz CT molecular complexity index is 2210. The molecule has 61 heavy (non-hydrogen) atoms. The number of fused-ring (bicyclic) bond motifs is 2. The first-order valence-electron chi connectivity index (χ1n) is 21.5. The summed E-state index contributed by atoms with van der Waals surface area (Å²) >= 11 is 6.31. The number of anilines is 2. The fraction of sp³-hybridized carbons (Fsp3) is 0.468. The van der Waals surface area contributed by atoms with Gasteiger partial charge in [0.1, 0.15) is 18.4 Å². The Morgan fingerprint density at radius 2 is 1.48 bits per heavy atom. The zero-order valence-electron chi connectivity index (χ0n) is 35.4. The number of carbonyl (C=O) groups is 6. The highest BCUT2D eigenvalue weighted by Gasteiger charge is 2.46. The van der Waals surface area contributed by atoms with Crippen molar-refractivity contribution >= 4 is 58.8 Å². The maximum atomic E-state index is 12.9. The topological polar surface area (TPSA) is 154 Å². The summed E-state index contributed by atoms with van der Waals surface area (Å²) in [7, 11) is 1.98. The first-order valence-corrected chi connectivity index (χ1v) is 21.9. The second-order valence-corrected chi connectivity index (χ2v) is 17.4. The van der Waals surface area contributed by atoms with E-state index in [1.54, 1.807) is 12.1 Å². The smallest absolute Gasteiger partial charge is 0.262 e. The van der Waals surface area contributed by atoms with Crippen LogP contribution in [0.2, 0.25) is 5.02 Å². The van der Waals surface area contributed by atoms with Crippen LogP contribution < -0.4 is 15.1 Å². The van der Waals surface area contributed by atoms with Crippen LogP contribution >= 0.6 is 11.6 Å². The molecular weight excluding hydrogens is 794 g/mol. The minimum atomic E-state index is -0.905. The van der Waals surface area contributed by atoms with E-state index < -0.39 is 23.8 Å². The molecule has 1 N–H and O–H groups in total. The Labute approximate surface area is 362 Å². The Morgan fingerprint density at radius 3 is 2.03 bits per heavy atom. The van der Waals surface area contributed by atoms with E-state index in [4.69, 9.17) is 11.6 Å². The Balaban J connectivity index is 0.000000193. The van der Waals surface area contributed by atoms with E-state index in [1.807, 2.05) is 56.1 Å². The minimum Gasteiger partial charge on any atom is -0.371 e. The number of nitrogens with zero attached hydrogens (tertiary/aromatic N) is 6. The van der Waals surface area contributed by atoms with Gasteiger partial charge in [0, 0.05) is 81.1 Å². The highest BCUT2D eigenvalue weighted by atomic mass is 35.5. The van der Waals surface area contributed by atoms with E-state index in [1.165, 1.54) is 5.69 Å². The predicted molar refractivity (Wildman–Crippen MR) is 232 cm³/mol. The van der Waals surface area contributed by atoms with Gasteiger partial charge < -0.3 is 19.5 Å². The molecule has 4 saturated heterocycles. The number of aldehydes is 1. The molecule has 320 valence electrons. The number of hydrogen-bond acceptors (Lipinski definition) is 10. The van der Waals surface area contributed by atoms with Gasteiger partial charge in [0.2, 0.25) is 11.8 Å². The molecule has 1 spiro atoms. The van der Waals surface area contributed by atoms with Crippen molar-refractivity contribution in [1.29, 1.82) is 5.26 Å². The van der Waals surface area contributed by atoms with Gasteiger partial charge in [0.05, 0.1) is 21.7 Å². The minimum absolute atomic E-state index is 0.0615. The summed E-state index contributed by atoms with van der Waals surface area (Å²) in [6.45, 7) is 12.1. The third-order valence-corrected chi connectivity index (χ3v) is 13.4. The lowest BCUT2D eigenvalue weighted by atomic mass is 9.76. The monoisotopic (exact) mass is 847 g/mol. The molecule has 4 fully saturated rings. The molecule has 6 heterocycles. The molecule has 2 atom stereocenters. The first-order chi connectivity index (χ1) is 29.4. The van der Waals surface area contributed by atoms with Crippen LogP contribution in [0.3, 0.4) is 0 Å². The number of benzene rings is 3. The van der Waals surface area contributed by atoms with E-state index in [0.29, 0.717) is 46.3 Å². The summed E-state index contributed by atoms with van der Waals surface area (Å²) in [5.41, 5.74) is 6.59. The summed E-state index contributed by atoms with van der Waals surface area (Å²) in [4.78, 5) is 82.3. The zero-order valence-corrected chi connectivity index (χ0v) is 36.2. The Kier molecular flexibility index (Phi) is 13.0. The van der Waals surface area contributed by atoms with Crippen LogP contribution in [0.5, 0.6) is 0 Å². The van der Waals surface area contributed by atoms with Crippen LogP contribution in [0.4, 0.5) is 11.4 Å². The van der Waals surface area contributed by atoms with Gasteiger partial charge in [-0.05, 0) is 124 Å². The lowest BCUT2D eigenvalue weighted by Crippen LogP contribution is -2.54. The number of piperidine rings is 3. The zero-order chi connectivity index (χ0) is 43.6. The molecule has 5 amide bonds. The largest absolute Gasteiger partial charge is 0.371 e. The lowest BCUT2D eigenvalue weighted by molar-refractivity contribution is -0.136. The van der Waals surface area contributed by atoms with Gasteiger partial charge in [-0.2, -0.15) is 5.26 Å². The SMILES string of the molecule is CC.CN1Cc2cc3c(cc2C1)C(=O)N(C1CCC(=O)NC1=O)C3=O.C[C@H]1CC2(CCN(c3ccc(C(=O)N4CCC(C=O)CC4)cc3)CC2)CN1c1ccc(C#N)c(Cl)c1. The van der Waals surface area contributed by atoms with E-state index >= 15 is 0 Å². The molecule has 0 radical (unpaired) electrons. The molecule has 0 aliphatic carbocycles. The molecule has 1 unspecified atom stereocenters. The van der Waals surface area contributed by atoms with Crippen molar-refractivity contribution < 1.29 is 28.8 Å². The molecule has 0 bridgehead atoms. The van der Waals surface area contributed by atoms with Crippen molar-refractivity contribution in [2.24, 2.45) is 11.3 Å². The van der Waals surface area contributed by atoms with Crippen LogP contribution in [0.25, 0.3) is 0 Å². The summed E-state index contributed by atoms with van der Waals surface area (Å²) in [5.74, 6) is -1.69. The molecule has 0 saturated carbocycles. The summed E-state index contributed by atoms with van der Waals surface area (Å²) in [5, 5.41) is 11.9. The quantitative estimate of drug-likeness (QED) is 0.232. The summed E-state index contributed by atoms with van der Waals surface area (Å²) < 4.78 is 0. The van der Waals surface area contributed by atoms with Crippen LogP contribution in [0, 0.1) is 22.7 Å². The van der Waals surface area contributed by atoms with E-state index in [0.717, 1.165) is 98.4 Å². The third kappa shape index (κ3) is 8.79. The predicted octanol–water partition coefficient (Wildman–Crippen LogP) is 6.21. The Hall–Kier alpha value is -5.58. The number of nitriles is 1. The maximum Gasteiger partial charge on any atom is 0.262 e. The molecule has 3 aromatic rings. The summed E-state index contributed by atoms with van der Waals surface area (Å²) in [6.07, 6.45) is 6.27. The van der Waals surface area contributed by atoms with E-state index in [-0.39, 0.29) is 30.6 Å². The van der Waals surface area contributed by atoms with Gasteiger partial charge in [-0.1, -0.05) is 25.4 Å². The molecule has 14 heteroatoms. The van der Waals surface area contributed by atoms with E-state index in [2.05, 4.69) is 45.1 Å². The first kappa shape index (κ1) is 43.5. The standard InChI is InChI=1S/C29H33ClN4O2.C16H15N3O4.C2H6/c1-21-17-29(20-34(21)26-7-4-24(18-31)27(30)16-26)10-14-32(15-11-29)25-5-2-23(3-6-25)28(36)33-12-8-22(19-35)9-13-33;1-18-6-8-4-10-11(5-9(8)7-18)16(23)19(15(10)22)12-2-3-13(20)17-14(12)21;1-2/h2-7,16,19,21-22H,8-15,17,20H2,1H3;4-5,12H,2-3,6-7H2,1H3,(H,17,20,21);1-2H3/t21-;;/m0../s1. The Morgan fingerprint density at radius 1 is 0.869 bits per heavy atom. The molecule has 3 aromatic carbocycles. The average Bonchev–Trinajstić information content (AvgIpc) is 3.89. The molecule has 0 aromatic heterocycles. The molecule has 6 aliphatic heterocycles. The molecule has 13 nitrogen and oxygen atoms in total. The molecule has 9 rings (SSSR count). The fourth-order valence-corrected chi connectivity index (χ4v) is 10.0. The number of imide groups is 2. The van der Waals surface area contributed by atoms with Crippen molar-refractivity contribution in [2.75, 3.05) is 49.6 Å². The number of likely N-dealkylation sites (tertiary alicyclic amines) is 1. The van der Waals surface area contributed by atoms with Crippen molar-refractivity contribution in [3.63, 3.8) is 0 Å². The second-order valence-electron chi connectivity index (χ2n) is 17.0. The number of nitrogens with one attached hydrogen (secondary N) is 1. The lowest BCUT2D eigenvalue weighted by Gasteiger charge is -2.40. The number of rotatable bonds is 5. The van der Waals surface area contributed by atoms with Crippen molar-refractivity contribution in [3.8, 4) is 6.07 Å². The van der Waals surface area contributed by atoms with Gasteiger partial charge >= 0.3 is 0 Å². The number of hydrogen-bond donors (Lipinski definition) is 1. The normalized spacial score (nSPS) is 22.2. The van der Waals surface area contributed by atoms with Crippen LogP contribution in [-0.4, -0.2) is 102 Å². The van der Waals surface area contributed by atoms with Crippen molar-refractivity contribution in [1.82, 2.24) is 20.0 Å². The average molecular weight is 848 g/mol. The number of amides is 5. The highest BCUT2D eigenvalue weighted by molar-refractivity contribution is 6.32. The molecule has 6 aliphatic rings. The van der Waals surface area contributed by atoms with Crippen LogP contribution in [0.1, 0.15) is 113 Å². The van der Waals surface area contributed by atoms with Gasteiger partial charge in [-0.25, -0.2) is 0 Å². The van der Waals surface area contributed by atoms with Gasteiger partial charge in [-0.15, -0.1) is 0 Å². The second kappa shape index (κ2) is 18.2. The van der Waals surface area contributed by atoms with Crippen LogP contribution in [0.15, 0.2) is 54.6 Å². The molecular formula is C47H54ClN7O6. The fourth-order valence-electron chi connectivity index (χ4n) is 9.81.